The van der Waals surface area contributed by atoms with Crippen molar-refractivity contribution in [2.75, 3.05) is 19.6 Å². The summed E-state index contributed by atoms with van der Waals surface area (Å²) in [6, 6.07) is 1.57. The minimum Gasteiger partial charge on any atom is -0.330 e. The largest absolute Gasteiger partial charge is 0.330 e. The molecule has 1 atom stereocenters. The van der Waals surface area contributed by atoms with Gasteiger partial charge in [-0.15, -0.1) is 0 Å². The van der Waals surface area contributed by atoms with E-state index in [9.17, 15) is 0 Å². The second-order valence-corrected chi connectivity index (χ2v) is 6.84. The summed E-state index contributed by atoms with van der Waals surface area (Å²) in [5.41, 5.74) is 1.42. The second kappa shape index (κ2) is 5.49. The third-order valence-corrected chi connectivity index (χ3v) is 5.37. The van der Waals surface area contributed by atoms with Gasteiger partial charge in [-0.1, -0.05) is 0 Å². The van der Waals surface area contributed by atoms with E-state index in [0.717, 1.165) is 24.5 Å². The molecule has 4 heteroatoms. The summed E-state index contributed by atoms with van der Waals surface area (Å²) in [7, 11) is 0. The number of imidazole rings is 1. The molecule has 1 aliphatic carbocycles. The van der Waals surface area contributed by atoms with Crippen molar-refractivity contribution in [1.82, 2.24) is 19.8 Å². The number of likely N-dealkylation sites (tertiary alicyclic amines) is 1. The average Bonchev–Trinajstić information content (AvgIpc) is 3.00. The zero-order valence-corrected chi connectivity index (χ0v) is 12.3. The standard InChI is InChI=1S/C16H26N4/c1-2-16(18-7-1)13-5-8-19(9-6-13)11-15-10-17-12-20(15)14-3-4-14/h10,12-14,16,18H,1-9,11H2. The van der Waals surface area contributed by atoms with E-state index in [1.807, 2.05) is 6.33 Å². The number of hydrogen-bond acceptors (Lipinski definition) is 3. The third kappa shape index (κ3) is 2.63. The Morgan fingerprint density at radius 3 is 2.70 bits per heavy atom. The fourth-order valence-electron chi connectivity index (χ4n) is 3.99. The van der Waals surface area contributed by atoms with Gasteiger partial charge < -0.3 is 9.88 Å². The topological polar surface area (TPSA) is 33.1 Å². The maximum absolute atomic E-state index is 4.35. The lowest BCUT2D eigenvalue weighted by Gasteiger charge is -2.34. The van der Waals surface area contributed by atoms with Crippen LogP contribution < -0.4 is 5.32 Å². The highest BCUT2D eigenvalue weighted by Crippen LogP contribution is 2.36. The molecule has 0 radical (unpaired) electrons. The fourth-order valence-corrected chi connectivity index (χ4v) is 3.99. The first-order chi connectivity index (χ1) is 9.90. The predicted octanol–water partition coefficient (Wildman–Crippen LogP) is 2.18. The van der Waals surface area contributed by atoms with Crippen LogP contribution in [0.25, 0.3) is 0 Å². The van der Waals surface area contributed by atoms with Crippen molar-refractivity contribution >= 4 is 0 Å². The van der Waals surface area contributed by atoms with Gasteiger partial charge in [0.1, 0.15) is 0 Å². The van der Waals surface area contributed by atoms with E-state index < -0.39 is 0 Å². The normalized spacial score (nSPS) is 29.1. The Morgan fingerprint density at radius 2 is 2.00 bits per heavy atom. The Hall–Kier alpha value is -0.870. The van der Waals surface area contributed by atoms with Gasteiger partial charge >= 0.3 is 0 Å². The lowest BCUT2D eigenvalue weighted by atomic mass is 9.88. The first-order valence-corrected chi connectivity index (χ1v) is 8.36. The monoisotopic (exact) mass is 274 g/mol. The number of nitrogens with one attached hydrogen (secondary N) is 1. The van der Waals surface area contributed by atoms with Crippen LogP contribution in [0.2, 0.25) is 0 Å². The van der Waals surface area contributed by atoms with Crippen LogP contribution in [0.3, 0.4) is 0 Å². The SMILES string of the molecule is c1ncn(C2CC2)c1CN1CCC(C2CCCN2)CC1. The van der Waals surface area contributed by atoms with Gasteiger partial charge in [0.15, 0.2) is 0 Å². The molecule has 110 valence electrons. The van der Waals surface area contributed by atoms with E-state index >= 15 is 0 Å². The maximum Gasteiger partial charge on any atom is 0.0951 e. The van der Waals surface area contributed by atoms with Gasteiger partial charge in [0.25, 0.3) is 0 Å². The molecule has 1 aromatic rings. The molecular formula is C16H26N4. The average molecular weight is 274 g/mol. The molecule has 0 aromatic carbocycles. The Kier molecular flexibility index (Phi) is 3.52. The minimum atomic E-state index is 0.757. The Labute approximate surface area is 121 Å². The fraction of sp³-hybridized carbons (Fsp3) is 0.812. The van der Waals surface area contributed by atoms with Crippen LogP contribution in [-0.4, -0.2) is 40.1 Å². The number of piperidine rings is 1. The van der Waals surface area contributed by atoms with Crippen molar-refractivity contribution in [2.24, 2.45) is 5.92 Å². The van der Waals surface area contributed by atoms with Crippen LogP contribution in [0.1, 0.15) is 50.3 Å². The Balaban J connectivity index is 1.31. The molecule has 4 nitrogen and oxygen atoms in total. The van der Waals surface area contributed by atoms with Gasteiger partial charge in [-0.2, -0.15) is 0 Å². The molecule has 3 heterocycles. The van der Waals surface area contributed by atoms with Crippen molar-refractivity contribution in [2.45, 2.75) is 57.2 Å². The molecule has 20 heavy (non-hydrogen) atoms. The molecule has 0 spiro atoms. The number of rotatable bonds is 4. The molecule has 1 N–H and O–H groups in total. The Bertz CT molecular complexity index is 437. The molecule has 2 aliphatic heterocycles. The molecule has 4 rings (SSSR count). The smallest absolute Gasteiger partial charge is 0.0951 e. The van der Waals surface area contributed by atoms with E-state index in [-0.39, 0.29) is 0 Å². The quantitative estimate of drug-likeness (QED) is 0.913. The number of hydrogen-bond donors (Lipinski definition) is 1. The van der Waals surface area contributed by atoms with Gasteiger partial charge in [0, 0.05) is 24.8 Å². The summed E-state index contributed by atoms with van der Waals surface area (Å²) in [5.74, 6) is 0.919. The van der Waals surface area contributed by atoms with Crippen molar-refractivity contribution in [1.29, 1.82) is 0 Å². The van der Waals surface area contributed by atoms with Gasteiger partial charge in [-0.25, -0.2) is 4.98 Å². The van der Waals surface area contributed by atoms with Gasteiger partial charge in [0.05, 0.1) is 12.0 Å². The van der Waals surface area contributed by atoms with Crippen LogP contribution in [0.5, 0.6) is 0 Å². The molecule has 1 aromatic heterocycles. The molecule has 0 amide bonds. The molecule has 3 aliphatic rings. The van der Waals surface area contributed by atoms with Crippen LogP contribution in [-0.2, 0) is 6.54 Å². The highest BCUT2D eigenvalue weighted by Gasteiger charge is 2.29. The van der Waals surface area contributed by atoms with Crippen molar-refractivity contribution < 1.29 is 0 Å². The highest BCUT2D eigenvalue weighted by atomic mass is 15.2. The Morgan fingerprint density at radius 1 is 1.15 bits per heavy atom. The minimum absolute atomic E-state index is 0.757. The predicted molar refractivity (Wildman–Crippen MR) is 79.5 cm³/mol. The third-order valence-electron chi connectivity index (χ3n) is 5.37. The second-order valence-electron chi connectivity index (χ2n) is 6.84. The van der Waals surface area contributed by atoms with E-state index in [1.54, 1.807) is 0 Å². The van der Waals surface area contributed by atoms with Crippen LogP contribution in [0, 0.1) is 5.92 Å². The summed E-state index contributed by atoms with van der Waals surface area (Å²) < 4.78 is 2.41. The summed E-state index contributed by atoms with van der Waals surface area (Å²) in [5, 5.41) is 3.69. The molecule has 0 bridgehead atoms. The van der Waals surface area contributed by atoms with Crippen molar-refractivity contribution in [3.05, 3.63) is 18.2 Å². The van der Waals surface area contributed by atoms with Crippen molar-refractivity contribution in [3.8, 4) is 0 Å². The molecule has 1 saturated carbocycles. The highest BCUT2D eigenvalue weighted by molar-refractivity contribution is 5.04. The van der Waals surface area contributed by atoms with Crippen LogP contribution >= 0.6 is 0 Å². The van der Waals surface area contributed by atoms with Gasteiger partial charge in [0.2, 0.25) is 0 Å². The number of aromatic nitrogens is 2. The van der Waals surface area contributed by atoms with E-state index in [0.29, 0.717) is 0 Å². The summed E-state index contributed by atoms with van der Waals surface area (Å²) in [6.07, 6.45) is 12.3. The molecule has 3 fully saturated rings. The lowest BCUT2D eigenvalue weighted by Crippen LogP contribution is -2.40. The molecular weight excluding hydrogens is 248 g/mol. The lowest BCUT2D eigenvalue weighted by molar-refractivity contribution is 0.154. The van der Waals surface area contributed by atoms with Gasteiger partial charge in [-0.3, -0.25) is 4.90 Å². The molecule has 2 saturated heterocycles. The van der Waals surface area contributed by atoms with Crippen molar-refractivity contribution in [3.63, 3.8) is 0 Å². The first kappa shape index (κ1) is 12.8. The first-order valence-electron chi connectivity index (χ1n) is 8.36. The molecule has 1 unspecified atom stereocenters. The van der Waals surface area contributed by atoms with Crippen LogP contribution in [0.15, 0.2) is 12.5 Å². The zero-order valence-electron chi connectivity index (χ0n) is 12.3. The zero-order chi connectivity index (χ0) is 13.4. The van der Waals surface area contributed by atoms with E-state index in [4.69, 9.17) is 0 Å². The summed E-state index contributed by atoms with van der Waals surface area (Å²) in [6.45, 7) is 4.87. The maximum atomic E-state index is 4.35. The van der Waals surface area contributed by atoms with E-state index in [1.165, 1.54) is 63.9 Å². The summed E-state index contributed by atoms with van der Waals surface area (Å²) >= 11 is 0. The summed E-state index contributed by atoms with van der Waals surface area (Å²) in [4.78, 5) is 6.98. The van der Waals surface area contributed by atoms with E-state index in [2.05, 4.69) is 26.0 Å². The number of nitrogens with zero attached hydrogens (tertiary/aromatic N) is 3. The van der Waals surface area contributed by atoms with Crippen LogP contribution in [0.4, 0.5) is 0 Å². The van der Waals surface area contributed by atoms with Gasteiger partial charge in [-0.05, 0) is 64.1 Å².